The van der Waals surface area contributed by atoms with Crippen molar-refractivity contribution in [3.63, 3.8) is 0 Å². The topological polar surface area (TPSA) is 85.2 Å². The van der Waals surface area contributed by atoms with E-state index < -0.39 is 22.2 Å². The molecular weight excluding hydrogens is 315 g/mol. The van der Waals surface area contributed by atoms with E-state index in [9.17, 15) is 14.3 Å². The number of carbonyl (C=O) groups is 1. The summed E-state index contributed by atoms with van der Waals surface area (Å²) in [6.07, 6.45) is 4.08. The van der Waals surface area contributed by atoms with E-state index in [0.29, 0.717) is 31.1 Å². The maximum atomic E-state index is 14.6. The first kappa shape index (κ1) is 16.4. The second kappa shape index (κ2) is 5.59. The van der Waals surface area contributed by atoms with Gasteiger partial charge in [0.15, 0.2) is 0 Å². The van der Waals surface area contributed by atoms with Gasteiger partial charge in [0, 0.05) is 12.8 Å². The molecule has 8 heteroatoms. The quantitative estimate of drug-likeness (QED) is 0.334. The smallest absolute Gasteiger partial charge is 0.357 e. The van der Waals surface area contributed by atoms with Crippen LogP contribution in [-0.4, -0.2) is 32.5 Å². The first-order chi connectivity index (χ1) is 10.3. The first-order valence-electron chi connectivity index (χ1n) is 7.63. The summed E-state index contributed by atoms with van der Waals surface area (Å²) in [5, 5.41) is 19.7. The van der Waals surface area contributed by atoms with Crippen molar-refractivity contribution in [3.8, 4) is 0 Å². The number of halogens is 1. The van der Waals surface area contributed by atoms with Crippen LogP contribution in [0.3, 0.4) is 0 Å². The largest absolute Gasteiger partial charge is 0.456 e. The lowest BCUT2D eigenvalue weighted by molar-refractivity contribution is -0.432. The zero-order valence-corrected chi connectivity index (χ0v) is 13.2. The third-order valence-corrected chi connectivity index (χ3v) is 6.09. The molecular formula is C14H21FO6S. The summed E-state index contributed by atoms with van der Waals surface area (Å²) in [6, 6.07) is 0. The van der Waals surface area contributed by atoms with Gasteiger partial charge in [0.05, 0.1) is 17.6 Å². The summed E-state index contributed by atoms with van der Waals surface area (Å²) in [4.78, 5) is 12.3. The van der Waals surface area contributed by atoms with Crippen molar-refractivity contribution in [2.45, 2.75) is 68.1 Å². The van der Waals surface area contributed by atoms with E-state index in [1.54, 1.807) is 0 Å². The molecule has 4 fully saturated rings. The minimum atomic E-state index is -2.45. The molecule has 4 saturated carbocycles. The van der Waals surface area contributed by atoms with Crippen molar-refractivity contribution in [3.05, 3.63) is 0 Å². The van der Waals surface area contributed by atoms with Crippen LogP contribution in [-0.2, 0) is 18.9 Å². The van der Waals surface area contributed by atoms with Crippen molar-refractivity contribution in [2.75, 3.05) is 0 Å². The highest BCUT2D eigenvalue weighted by Gasteiger charge is 2.60. The molecule has 6 nitrogen and oxygen atoms in total. The number of hydrogen-bond acceptors (Lipinski definition) is 7. The molecule has 4 aliphatic carbocycles. The summed E-state index contributed by atoms with van der Waals surface area (Å²) in [7, 11) is 0. The molecule has 3 unspecified atom stereocenters. The van der Waals surface area contributed by atoms with E-state index in [-0.39, 0.29) is 18.5 Å². The molecule has 0 aliphatic heterocycles. The standard InChI is InChI=1S/C14H21FO6S/c1-2-14(15,22-21-20-18)11(16)19-13-6-9-3-10(7-13)5-12(17,4-9)8-13/h9-10,17-18H,2-8H2,1H3. The lowest BCUT2D eigenvalue weighted by Gasteiger charge is -2.59. The number of esters is 1. The van der Waals surface area contributed by atoms with Crippen LogP contribution in [0.4, 0.5) is 4.39 Å². The molecule has 0 aromatic heterocycles. The van der Waals surface area contributed by atoms with Crippen molar-refractivity contribution in [2.24, 2.45) is 11.8 Å². The highest BCUT2D eigenvalue weighted by atomic mass is 32.2. The van der Waals surface area contributed by atoms with E-state index in [1.807, 2.05) is 0 Å². The number of alkyl halides is 1. The van der Waals surface area contributed by atoms with Crippen molar-refractivity contribution in [1.29, 1.82) is 0 Å². The number of rotatable bonds is 6. The summed E-state index contributed by atoms with van der Waals surface area (Å²) in [5.74, 6) is -0.374. The molecule has 0 aromatic rings. The van der Waals surface area contributed by atoms with Crippen LogP contribution < -0.4 is 0 Å². The molecule has 3 atom stereocenters. The Morgan fingerprint density at radius 1 is 1.36 bits per heavy atom. The Bertz CT molecular complexity index is 447. The maximum Gasteiger partial charge on any atom is 0.357 e. The van der Waals surface area contributed by atoms with Gasteiger partial charge in [-0.2, -0.15) is 0 Å². The molecule has 0 amide bonds. The lowest BCUT2D eigenvalue weighted by atomic mass is 9.52. The Labute approximate surface area is 132 Å². The minimum absolute atomic E-state index is 0.0837. The van der Waals surface area contributed by atoms with Crippen LogP contribution >= 0.6 is 12.0 Å². The van der Waals surface area contributed by atoms with E-state index in [2.05, 4.69) is 9.37 Å². The van der Waals surface area contributed by atoms with Gasteiger partial charge in [0.2, 0.25) is 0 Å². The maximum absolute atomic E-state index is 14.6. The number of aliphatic hydroxyl groups is 1. The summed E-state index contributed by atoms with van der Waals surface area (Å²) < 4.78 is 24.2. The third-order valence-electron chi connectivity index (χ3n) is 5.24. The minimum Gasteiger partial charge on any atom is -0.456 e. The van der Waals surface area contributed by atoms with E-state index in [1.165, 1.54) is 6.92 Å². The number of hydrogen-bond donors (Lipinski definition) is 2. The molecule has 0 aromatic carbocycles. The van der Waals surface area contributed by atoms with Gasteiger partial charge in [-0.15, -0.1) is 4.33 Å². The van der Waals surface area contributed by atoms with Gasteiger partial charge in [0.25, 0.3) is 5.00 Å². The fourth-order valence-electron chi connectivity index (χ4n) is 4.83. The fraction of sp³-hybridized carbons (Fsp3) is 0.929. The van der Waals surface area contributed by atoms with E-state index in [0.717, 1.165) is 19.3 Å². The molecule has 2 N–H and O–H groups in total. The average Bonchev–Trinajstić information content (AvgIpc) is 2.41. The van der Waals surface area contributed by atoms with Crippen molar-refractivity contribution >= 4 is 18.0 Å². The van der Waals surface area contributed by atoms with Crippen LogP contribution in [0.25, 0.3) is 0 Å². The zero-order valence-electron chi connectivity index (χ0n) is 12.4. The second-order valence-corrected chi connectivity index (χ2v) is 8.02. The Morgan fingerprint density at radius 2 is 2.00 bits per heavy atom. The van der Waals surface area contributed by atoms with Gasteiger partial charge in [-0.1, -0.05) is 12.0 Å². The van der Waals surface area contributed by atoms with Crippen LogP contribution in [0, 0.1) is 11.8 Å². The highest BCUT2D eigenvalue weighted by molar-refractivity contribution is 7.96. The fourth-order valence-corrected chi connectivity index (χ4v) is 5.20. The van der Waals surface area contributed by atoms with Crippen LogP contribution in [0.2, 0.25) is 0 Å². The Balaban J connectivity index is 1.73. The average molecular weight is 336 g/mol. The van der Waals surface area contributed by atoms with Crippen LogP contribution in [0.1, 0.15) is 51.9 Å². The normalized spacial score (nSPS) is 42.2. The van der Waals surface area contributed by atoms with Gasteiger partial charge >= 0.3 is 5.97 Å². The van der Waals surface area contributed by atoms with Gasteiger partial charge in [-0.05, 0) is 43.9 Å². The Kier molecular flexibility index (Phi) is 4.18. The first-order valence-corrected chi connectivity index (χ1v) is 8.37. The van der Waals surface area contributed by atoms with Crippen molar-refractivity contribution in [1.82, 2.24) is 0 Å². The second-order valence-electron chi connectivity index (χ2n) is 7.07. The predicted molar refractivity (Wildman–Crippen MR) is 75.0 cm³/mol. The Morgan fingerprint density at radius 3 is 2.50 bits per heavy atom. The molecule has 4 rings (SSSR count). The van der Waals surface area contributed by atoms with E-state index in [4.69, 9.17) is 9.99 Å². The van der Waals surface area contributed by atoms with Gasteiger partial charge in [0.1, 0.15) is 5.60 Å². The summed E-state index contributed by atoms with van der Waals surface area (Å²) in [5.41, 5.74) is -1.56. The Hall–Kier alpha value is -0.410. The predicted octanol–water partition coefficient (Wildman–Crippen LogP) is 2.76. The van der Waals surface area contributed by atoms with Gasteiger partial charge in [-0.25, -0.2) is 14.4 Å². The molecule has 4 aliphatic rings. The molecule has 22 heavy (non-hydrogen) atoms. The van der Waals surface area contributed by atoms with E-state index >= 15 is 0 Å². The highest BCUT2D eigenvalue weighted by Crippen LogP contribution is 2.59. The van der Waals surface area contributed by atoms with Crippen molar-refractivity contribution < 1.29 is 33.7 Å². The van der Waals surface area contributed by atoms with Crippen LogP contribution in [0.15, 0.2) is 0 Å². The number of carbonyl (C=O) groups excluding carboxylic acids is 1. The summed E-state index contributed by atoms with van der Waals surface area (Å²) >= 11 is 0.0837. The molecule has 4 bridgehead atoms. The lowest BCUT2D eigenvalue weighted by Crippen LogP contribution is -2.61. The third kappa shape index (κ3) is 2.87. The van der Waals surface area contributed by atoms with Gasteiger partial charge < -0.3 is 9.84 Å². The van der Waals surface area contributed by atoms with Gasteiger partial charge in [-0.3, -0.25) is 0 Å². The molecule has 0 spiro atoms. The molecule has 0 heterocycles. The SMILES string of the molecule is CCC(F)(SOOO)C(=O)OC12CC3CC(CC(O)(C3)C1)C2. The monoisotopic (exact) mass is 336 g/mol. The van der Waals surface area contributed by atoms with Crippen LogP contribution in [0.5, 0.6) is 0 Å². The summed E-state index contributed by atoms with van der Waals surface area (Å²) in [6.45, 7) is 1.47. The molecule has 0 radical (unpaired) electrons. The zero-order chi connectivity index (χ0) is 16.0. The molecule has 126 valence electrons. The molecule has 0 saturated heterocycles. The number of ether oxygens (including phenoxy) is 1.